The topological polar surface area (TPSA) is 84.2 Å². The number of para-hydroxylation sites is 2. The fourth-order valence-corrected chi connectivity index (χ4v) is 5.67. The average molecular weight is 416 g/mol. The fraction of sp³-hybridized carbons (Fsp3) is 0.350. The van der Waals surface area contributed by atoms with Crippen molar-refractivity contribution in [1.82, 2.24) is 9.55 Å². The van der Waals surface area contributed by atoms with E-state index in [-0.39, 0.29) is 23.0 Å². The number of rotatable bonds is 5. The van der Waals surface area contributed by atoms with E-state index in [2.05, 4.69) is 5.32 Å². The molecule has 2 heterocycles. The van der Waals surface area contributed by atoms with Crippen molar-refractivity contribution in [2.45, 2.75) is 44.3 Å². The van der Waals surface area contributed by atoms with Crippen LogP contribution in [-0.4, -0.2) is 26.3 Å². The fourth-order valence-electron chi connectivity index (χ4n) is 3.50. The number of benzene rings is 1. The molecule has 6 nitrogen and oxygen atoms in total. The molecule has 1 aromatic carbocycles. The molecule has 1 aliphatic carbocycles. The first kappa shape index (κ1) is 19.0. The number of thioether (sulfide) groups is 1. The summed E-state index contributed by atoms with van der Waals surface area (Å²) >= 11 is 2.86. The van der Waals surface area contributed by atoms with E-state index < -0.39 is 0 Å². The Morgan fingerprint density at radius 1 is 1.32 bits per heavy atom. The van der Waals surface area contributed by atoms with Crippen LogP contribution in [0.1, 0.15) is 30.2 Å². The number of hydrogen-bond donors (Lipinski definition) is 2. The number of carbonyl (C=O) groups excluding carboxylic acids is 1. The first-order valence-electron chi connectivity index (χ1n) is 9.34. The Morgan fingerprint density at radius 3 is 2.89 bits per heavy atom. The van der Waals surface area contributed by atoms with E-state index in [1.165, 1.54) is 28.3 Å². The summed E-state index contributed by atoms with van der Waals surface area (Å²) in [7, 11) is 0. The minimum absolute atomic E-state index is 0.00416. The lowest BCUT2D eigenvalue weighted by Crippen LogP contribution is -2.24. The van der Waals surface area contributed by atoms with Crippen molar-refractivity contribution in [3.8, 4) is 5.75 Å². The van der Waals surface area contributed by atoms with Gasteiger partial charge in [-0.05, 0) is 50.3 Å². The first-order valence-corrected chi connectivity index (χ1v) is 11.1. The van der Waals surface area contributed by atoms with Crippen molar-refractivity contribution in [2.24, 2.45) is 0 Å². The molecule has 0 spiro atoms. The Morgan fingerprint density at radius 2 is 2.11 bits per heavy atom. The van der Waals surface area contributed by atoms with Gasteiger partial charge in [0.15, 0.2) is 5.16 Å². The number of aromatic hydroxyl groups is 1. The zero-order valence-corrected chi connectivity index (χ0v) is 17.2. The lowest BCUT2D eigenvalue weighted by Gasteiger charge is -2.12. The Labute approximate surface area is 170 Å². The second-order valence-electron chi connectivity index (χ2n) is 6.69. The van der Waals surface area contributed by atoms with E-state index in [0.717, 1.165) is 35.9 Å². The molecule has 0 atom stereocenters. The SMILES string of the molecule is CCn1c(SCC(=O)Nc2ccccc2O)nc2sc3c(c2c1=O)CCCC3. The largest absolute Gasteiger partial charge is 0.506 e. The predicted molar refractivity (Wildman–Crippen MR) is 114 cm³/mol. The second kappa shape index (κ2) is 7.97. The smallest absolute Gasteiger partial charge is 0.263 e. The van der Waals surface area contributed by atoms with E-state index in [1.807, 2.05) is 6.92 Å². The van der Waals surface area contributed by atoms with Gasteiger partial charge in [0.25, 0.3) is 5.56 Å². The summed E-state index contributed by atoms with van der Waals surface area (Å²) in [6, 6.07) is 6.59. The summed E-state index contributed by atoms with van der Waals surface area (Å²) in [6.45, 7) is 2.43. The van der Waals surface area contributed by atoms with E-state index in [4.69, 9.17) is 4.98 Å². The Hall–Kier alpha value is -2.32. The van der Waals surface area contributed by atoms with E-state index in [1.54, 1.807) is 34.1 Å². The standard InChI is InChI=1S/C20H21N3O3S2/c1-2-23-19(26)17-12-7-3-6-10-15(12)28-18(17)22-20(23)27-11-16(25)21-13-8-4-5-9-14(13)24/h4-5,8-9,24H,2-3,6-7,10-11H2,1H3,(H,21,25). The minimum Gasteiger partial charge on any atom is -0.506 e. The van der Waals surface area contributed by atoms with Crippen LogP contribution in [0.25, 0.3) is 10.2 Å². The van der Waals surface area contributed by atoms with Gasteiger partial charge in [0.05, 0.1) is 16.8 Å². The summed E-state index contributed by atoms with van der Waals surface area (Å²) in [5, 5.41) is 13.8. The molecule has 2 aromatic heterocycles. The highest BCUT2D eigenvalue weighted by molar-refractivity contribution is 7.99. The highest BCUT2D eigenvalue weighted by Crippen LogP contribution is 2.34. The molecule has 2 N–H and O–H groups in total. The molecule has 1 amide bonds. The van der Waals surface area contributed by atoms with Gasteiger partial charge in [-0.3, -0.25) is 14.2 Å². The second-order valence-corrected chi connectivity index (χ2v) is 8.71. The van der Waals surface area contributed by atoms with Crippen molar-refractivity contribution in [3.05, 3.63) is 45.1 Å². The van der Waals surface area contributed by atoms with Crippen LogP contribution in [0.3, 0.4) is 0 Å². The molecule has 0 fully saturated rings. The molecule has 146 valence electrons. The summed E-state index contributed by atoms with van der Waals surface area (Å²) in [6.07, 6.45) is 4.25. The van der Waals surface area contributed by atoms with Crippen LogP contribution >= 0.6 is 23.1 Å². The normalized spacial score (nSPS) is 13.5. The molecule has 4 rings (SSSR count). The Balaban J connectivity index is 1.59. The van der Waals surface area contributed by atoms with Gasteiger partial charge in [0.1, 0.15) is 10.6 Å². The maximum atomic E-state index is 13.1. The van der Waals surface area contributed by atoms with Gasteiger partial charge in [0.2, 0.25) is 5.91 Å². The summed E-state index contributed by atoms with van der Waals surface area (Å²) in [5.74, 6) is -0.124. The van der Waals surface area contributed by atoms with Gasteiger partial charge in [-0.25, -0.2) is 4.98 Å². The Kier molecular flexibility index (Phi) is 5.41. The van der Waals surface area contributed by atoms with Gasteiger partial charge in [-0.1, -0.05) is 23.9 Å². The van der Waals surface area contributed by atoms with Crippen molar-refractivity contribution in [2.75, 3.05) is 11.1 Å². The molecular formula is C20H21N3O3S2. The molecule has 0 unspecified atom stereocenters. The highest BCUT2D eigenvalue weighted by Gasteiger charge is 2.22. The Bertz CT molecular complexity index is 1100. The van der Waals surface area contributed by atoms with Crippen molar-refractivity contribution in [3.63, 3.8) is 0 Å². The quantitative estimate of drug-likeness (QED) is 0.376. The lowest BCUT2D eigenvalue weighted by molar-refractivity contribution is -0.113. The molecule has 0 bridgehead atoms. The van der Waals surface area contributed by atoms with E-state index >= 15 is 0 Å². The maximum absolute atomic E-state index is 13.1. The van der Waals surface area contributed by atoms with Gasteiger partial charge in [-0.2, -0.15) is 0 Å². The zero-order chi connectivity index (χ0) is 19.7. The third-order valence-electron chi connectivity index (χ3n) is 4.87. The van der Waals surface area contributed by atoms with Crippen molar-refractivity contribution >= 4 is 44.9 Å². The molecule has 0 radical (unpaired) electrons. The number of fused-ring (bicyclic) bond motifs is 3. The molecule has 0 aliphatic heterocycles. The van der Waals surface area contributed by atoms with Gasteiger partial charge >= 0.3 is 0 Å². The predicted octanol–water partition coefficient (Wildman–Crippen LogP) is 3.79. The zero-order valence-electron chi connectivity index (χ0n) is 15.5. The highest BCUT2D eigenvalue weighted by atomic mass is 32.2. The van der Waals surface area contributed by atoms with Crippen LogP contribution in [0.2, 0.25) is 0 Å². The monoisotopic (exact) mass is 415 g/mol. The van der Waals surface area contributed by atoms with Crippen LogP contribution in [0, 0.1) is 0 Å². The van der Waals surface area contributed by atoms with Gasteiger partial charge in [0, 0.05) is 11.4 Å². The number of anilines is 1. The number of aromatic nitrogens is 2. The number of aryl methyl sites for hydroxylation is 2. The van der Waals surface area contributed by atoms with Crippen LogP contribution in [-0.2, 0) is 24.2 Å². The summed E-state index contributed by atoms with van der Waals surface area (Å²) in [5.41, 5.74) is 1.55. The van der Waals surface area contributed by atoms with E-state index in [9.17, 15) is 14.7 Å². The van der Waals surface area contributed by atoms with Crippen molar-refractivity contribution < 1.29 is 9.90 Å². The number of amides is 1. The van der Waals surface area contributed by atoms with Gasteiger partial charge in [-0.15, -0.1) is 11.3 Å². The number of nitrogens with one attached hydrogen (secondary N) is 1. The van der Waals surface area contributed by atoms with Crippen LogP contribution < -0.4 is 10.9 Å². The molecular weight excluding hydrogens is 394 g/mol. The average Bonchev–Trinajstić information content (AvgIpc) is 3.07. The lowest BCUT2D eigenvalue weighted by atomic mass is 9.97. The van der Waals surface area contributed by atoms with Crippen molar-refractivity contribution in [1.29, 1.82) is 0 Å². The number of carbonyl (C=O) groups is 1. The van der Waals surface area contributed by atoms with E-state index in [0.29, 0.717) is 17.4 Å². The van der Waals surface area contributed by atoms with Crippen LogP contribution in [0.15, 0.2) is 34.2 Å². The third-order valence-corrected chi connectivity index (χ3v) is 7.03. The molecule has 0 saturated carbocycles. The number of phenolic OH excluding ortho intramolecular Hbond substituents is 1. The first-order chi connectivity index (χ1) is 13.6. The van der Waals surface area contributed by atoms with Gasteiger partial charge < -0.3 is 10.4 Å². The minimum atomic E-state index is -0.256. The van der Waals surface area contributed by atoms with Crippen LogP contribution in [0.5, 0.6) is 5.75 Å². The summed E-state index contributed by atoms with van der Waals surface area (Å²) < 4.78 is 1.65. The molecule has 0 saturated heterocycles. The molecule has 3 aromatic rings. The maximum Gasteiger partial charge on any atom is 0.263 e. The number of nitrogens with zero attached hydrogens (tertiary/aromatic N) is 2. The number of thiophene rings is 1. The molecule has 8 heteroatoms. The molecule has 28 heavy (non-hydrogen) atoms. The van der Waals surface area contributed by atoms with Crippen LogP contribution in [0.4, 0.5) is 5.69 Å². The number of phenols is 1. The molecule has 1 aliphatic rings. The summed E-state index contributed by atoms with van der Waals surface area (Å²) in [4.78, 5) is 32.2. The third kappa shape index (κ3) is 3.54. The number of hydrogen-bond acceptors (Lipinski definition) is 6.